The lowest BCUT2D eigenvalue weighted by atomic mass is 9.98. The molecule has 0 aliphatic heterocycles. The molecule has 0 radical (unpaired) electrons. The van der Waals surface area contributed by atoms with Crippen molar-refractivity contribution in [2.24, 2.45) is 5.92 Å². The minimum Gasteiger partial charge on any atom is -0.355 e. The molecule has 0 aromatic rings. The maximum Gasteiger partial charge on any atom is 0.679 e. The SMILES string of the molecule is CO[Si](OC)(OC)OC12CCC(CC1)C2. The second-order valence-electron chi connectivity index (χ2n) is 4.54. The van der Waals surface area contributed by atoms with Crippen LogP contribution in [0.5, 0.6) is 0 Å². The van der Waals surface area contributed by atoms with E-state index >= 15 is 0 Å². The van der Waals surface area contributed by atoms with Crippen molar-refractivity contribution in [3.63, 3.8) is 0 Å². The quantitative estimate of drug-likeness (QED) is 0.676. The Balaban J connectivity index is 2.05. The third-order valence-electron chi connectivity index (χ3n) is 3.77. The molecule has 15 heavy (non-hydrogen) atoms. The standard InChI is InChI=1S/C10H20O4Si/c1-11-15(12-2,13-3)14-10-6-4-9(8-10)5-7-10/h9H,4-8H2,1-3H3. The van der Waals surface area contributed by atoms with Gasteiger partial charge in [-0.15, -0.1) is 0 Å². The normalized spacial score (nSPS) is 35.0. The van der Waals surface area contributed by atoms with Gasteiger partial charge in [0.15, 0.2) is 0 Å². The lowest BCUT2D eigenvalue weighted by molar-refractivity contribution is -0.0666. The Morgan fingerprint density at radius 3 is 1.87 bits per heavy atom. The first-order valence-electron chi connectivity index (χ1n) is 5.53. The fourth-order valence-electron chi connectivity index (χ4n) is 2.92. The van der Waals surface area contributed by atoms with Crippen LogP contribution < -0.4 is 0 Å². The van der Waals surface area contributed by atoms with E-state index in [2.05, 4.69) is 0 Å². The number of fused-ring (bicyclic) bond motifs is 2. The van der Waals surface area contributed by atoms with E-state index in [0.29, 0.717) is 0 Å². The highest BCUT2D eigenvalue weighted by molar-refractivity contribution is 6.53. The molecule has 5 heteroatoms. The van der Waals surface area contributed by atoms with Gasteiger partial charge in [0, 0.05) is 21.3 Å². The zero-order valence-electron chi connectivity index (χ0n) is 9.75. The highest BCUT2D eigenvalue weighted by Gasteiger charge is 2.55. The van der Waals surface area contributed by atoms with E-state index in [0.717, 1.165) is 25.2 Å². The van der Waals surface area contributed by atoms with Gasteiger partial charge in [-0.1, -0.05) is 0 Å². The van der Waals surface area contributed by atoms with Crippen molar-refractivity contribution in [2.45, 2.75) is 37.7 Å². The van der Waals surface area contributed by atoms with Crippen molar-refractivity contribution < 1.29 is 17.7 Å². The Labute approximate surface area is 92.3 Å². The maximum absolute atomic E-state index is 6.10. The molecule has 2 fully saturated rings. The van der Waals surface area contributed by atoms with Gasteiger partial charge in [-0.25, -0.2) is 0 Å². The second kappa shape index (κ2) is 4.14. The molecule has 0 aromatic carbocycles. The zero-order valence-corrected chi connectivity index (χ0v) is 10.7. The van der Waals surface area contributed by atoms with Crippen LogP contribution in [0.3, 0.4) is 0 Å². The first-order chi connectivity index (χ1) is 7.17. The highest BCUT2D eigenvalue weighted by atomic mass is 28.4. The van der Waals surface area contributed by atoms with Crippen molar-refractivity contribution in [2.75, 3.05) is 21.3 Å². The Hall–Kier alpha value is 0.0569. The first-order valence-corrected chi connectivity index (χ1v) is 7.16. The lowest BCUT2D eigenvalue weighted by Gasteiger charge is -2.34. The van der Waals surface area contributed by atoms with E-state index in [4.69, 9.17) is 17.7 Å². The molecular weight excluding hydrogens is 212 g/mol. The summed E-state index contributed by atoms with van der Waals surface area (Å²) in [5.74, 6) is 0.849. The summed E-state index contributed by atoms with van der Waals surface area (Å²) in [6.45, 7) is 0. The third kappa shape index (κ3) is 1.99. The first kappa shape index (κ1) is 11.5. The Morgan fingerprint density at radius 2 is 1.53 bits per heavy atom. The van der Waals surface area contributed by atoms with Crippen LogP contribution in [0, 0.1) is 5.92 Å². The largest absolute Gasteiger partial charge is 0.679 e. The maximum atomic E-state index is 6.10. The Bertz CT molecular complexity index is 213. The van der Waals surface area contributed by atoms with Crippen molar-refractivity contribution >= 4 is 9.05 Å². The summed E-state index contributed by atoms with van der Waals surface area (Å²) >= 11 is 0. The molecule has 2 bridgehead atoms. The van der Waals surface area contributed by atoms with Gasteiger partial charge < -0.3 is 17.7 Å². The molecule has 2 aliphatic carbocycles. The van der Waals surface area contributed by atoms with Crippen LogP contribution >= 0.6 is 0 Å². The summed E-state index contributed by atoms with van der Waals surface area (Å²) in [6, 6.07) is 0. The molecule has 0 unspecified atom stereocenters. The van der Waals surface area contributed by atoms with E-state index in [1.54, 1.807) is 21.3 Å². The van der Waals surface area contributed by atoms with Crippen LogP contribution in [0.15, 0.2) is 0 Å². The highest BCUT2D eigenvalue weighted by Crippen LogP contribution is 2.51. The van der Waals surface area contributed by atoms with Gasteiger partial charge in [0.25, 0.3) is 0 Å². The van der Waals surface area contributed by atoms with Gasteiger partial charge in [0.2, 0.25) is 0 Å². The zero-order chi connectivity index (χ0) is 10.9. The predicted octanol–water partition coefficient (Wildman–Crippen LogP) is 1.71. The molecule has 0 N–H and O–H groups in total. The molecule has 0 saturated heterocycles. The number of hydrogen-bond donors (Lipinski definition) is 0. The molecule has 2 rings (SSSR count). The second-order valence-corrected chi connectivity index (χ2v) is 6.97. The summed E-state index contributed by atoms with van der Waals surface area (Å²) in [5.41, 5.74) is -0.0150. The molecule has 0 heterocycles. The molecule has 88 valence electrons. The summed E-state index contributed by atoms with van der Waals surface area (Å²) in [4.78, 5) is 0. The summed E-state index contributed by atoms with van der Waals surface area (Å²) in [6.07, 6.45) is 5.96. The van der Waals surface area contributed by atoms with Crippen molar-refractivity contribution in [1.82, 2.24) is 0 Å². The van der Waals surface area contributed by atoms with Crippen LogP contribution in [0.25, 0.3) is 0 Å². The van der Waals surface area contributed by atoms with E-state index < -0.39 is 9.05 Å². The molecule has 2 saturated carbocycles. The minimum atomic E-state index is -2.85. The van der Waals surface area contributed by atoms with Gasteiger partial charge in [-0.05, 0) is 38.0 Å². The topological polar surface area (TPSA) is 36.9 Å². The van der Waals surface area contributed by atoms with Crippen LogP contribution in [0.1, 0.15) is 32.1 Å². The monoisotopic (exact) mass is 232 g/mol. The van der Waals surface area contributed by atoms with Gasteiger partial charge in [-0.2, -0.15) is 0 Å². The molecule has 4 nitrogen and oxygen atoms in total. The average Bonchev–Trinajstić information content (AvgIpc) is 2.86. The molecule has 2 aliphatic rings. The number of rotatable bonds is 5. The summed E-state index contributed by atoms with van der Waals surface area (Å²) in [5, 5.41) is 0. The lowest BCUT2D eigenvalue weighted by Crippen LogP contribution is -2.52. The summed E-state index contributed by atoms with van der Waals surface area (Å²) < 4.78 is 22.0. The van der Waals surface area contributed by atoms with Crippen molar-refractivity contribution in [3.8, 4) is 0 Å². The van der Waals surface area contributed by atoms with Gasteiger partial charge in [0.1, 0.15) is 0 Å². The van der Waals surface area contributed by atoms with E-state index in [9.17, 15) is 0 Å². The fraction of sp³-hybridized carbons (Fsp3) is 1.00. The molecule has 0 atom stereocenters. The summed E-state index contributed by atoms with van der Waals surface area (Å²) in [7, 11) is 1.93. The van der Waals surface area contributed by atoms with Crippen LogP contribution in [-0.4, -0.2) is 36.0 Å². The smallest absolute Gasteiger partial charge is 0.355 e. The van der Waals surface area contributed by atoms with Gasteiger partial charge in [-0.3, -0.25) is 0 Å². The molecule has 0 amide bonds. The van der Waals surface area contributed by atoms with E-state index in [-0.39, 0.29) is 5.60 Å². The Kier molecular flexibility index (Phi) is 3.19. The molecular formula is C10H20O4Si. The van der Waals surface area contributed by atoms with E-state index in [1.807, 2.05) is 0 Å². The predicted molar refractivity (Wildman–Crippen MR) is 57.2 cm³/mol. The number of hydrogen-bond acceptors (Lipinski definition) is 4. The van der Waals surface area contributed by atoms with Crippen LogP contribution in [0.4, 0.5) is 0 Å². The minimum absolute atomic E-state index is 0.0150. The van der Waals surface area contributed by atoms with Crippen LogP contribution in [-0.2, 0) is 17.7 Å². The third-order valence-corrected chi connectivity index (χ3v) is 5.95. The van der Waals surface area contributed by atoms with Crippen molar-refractivity contribution in [3.05, 3.63) is 0 Å². The van der Waals surface area contributed by atoms with E-state index in [1.165, 1.54) is 12.8 Å². The van der Waals surface area contributed by atoms with Gasteiger partial charge in [0.05, 0.1) is 5.60 Å². The van der Waals surface area contributed by atoms with Gasteiger partial charge >= 0.3 is 9.05 Å². The molecule has 0 spiro atoms. The van der Waals surface area contributed by atoms with Crippen LogP contribution in [0.2, 0.25) is 0 Å². The fourth-order valence-corrected chi connectivity index (χ4v) is 4.49. The average molecular weight is 232 g/mol. The molecule has 0 aromatic heterocycles. The van der Waals surface area contributed by atoms with Crippen molar-refractivity contribution in [1.29, 1.82) is 0 Å². The Morgan fingerprint density at radius 1 is 1.00 bits per heavy atom.